The van der Waals surface area contributed by atoms with Gasteiger partial charge in [0, 0.05) is 5.33 Å². The predicted molar refractivity (Wildman–Crippen MR) is 75.8 cm³/mol. The Kier molecular flexibility index (Phi) is 4.39. The first-order chi connectivity index (χ1) is 8.38. The molecule has 0 aliphatic rings. The van der Waals surface area contributed by atoms with E-state index in [9.17, 15) is 0 Å². The van der Waals surface area contributed by atoms with Crippen LogP contribution in [0.1, 0.15) is 5.56 Å². The number of rotatable bonds is 4. The SMILES string of the molecule is BrC/C=C/c1cccc(Oc2ccccc2)c1. The van der Waals surface area contributed by atoms with Gasteiger partial charge in [0.25, 0.3) is 0 Å². The lowest BCUT2D eigenvalue weighted by molar-refractivity contribution is 0.482. The highest BCUT2D eigenvalue weighted by molar-refractivity contribution is 9.09. The Balaban J connectivity index is 2.14. The van der Waals surface area contributed by atoms with Gasteiger partial charge in [-0.1, -0.05) is 58.4 Å². The molecule has 0 atom stereocenters. The van der Waals surface area contributed by atoms with Crippen molar-refractivity contribution in [3.63, 3.8) is 0 Å². The second kappa shape index (κ2) is 6.26. The van der Waals surface area contributed by atoms with Crippen LogP contribution in [-0.2, 0) is 0 Å². The largest absolute Gasteiger partial charge is 0.457 e. The van der Waals surface area contributed by atoms with E-state index < -0.39 is 0 Å². The van der Waals surface area contributed by atoms with Crippen molar-refractivity contribution >= 4 is 22.0 Å². The van der Waals surface area contributed by atoms with Gasteiger partial charge in [0.15, 0.2) is 0 Å². The summed E-state index contributed by atoms with van der Waals surface area (Å²) in [7, 11) is 0. The lowest BCUT2D eigenvalue weighted by atomic mass is 10.2. The average Bonchev–Trinajstić information content (AvgIpc) is 2.38. The molecule has 2 heteroatoms. The molecule has 0 aromatic heterocycles. The summed E-state index contributed by atoms with van der Waals surface area (Å²) in [5.74, 6) is 1.71. The molecule has 0 bridgehead atoms. The van der Waals surface area contributed by atoms with E-state index in [1.807, 2.05) is 48.5 Å². The van der Waals surface area contributed by atoms with Crippen molar-refractivity contribution < 1.29 is 4.74 Å². The maximum absolute atomic E-state index is 5.75. The lowest BCUT2D eigenvalue weighted by Gasteiger charge is -2.05. The fraction of sp³-hybridized carbons (Fsp3) is 0.0667. The molecule has 0 unspecified atom stereocenters. The quantitative estimate of drug-likeness (QED) is 0.728. The monoisotopic (exact) mass is 288 g/mol. The second-order valence-corrected chi connectivity index (χ2v) is 4.19. The minimum Gasteiger partial charge on any atom is -0.457 e. The molecule has 1 nitrogen and oxygen atoms in total. The van der Waals surface area contributed by atoms with Crippen LogP contribution in [0.25, 0.3) is 6.08 Å². The molecule has 2 aromatic rings. The number of hydrogen-bond donors (Lipinski definition) is 0. The highest BCUT2D eigenvalue weighted by Crippen LogP contribution is 2.22. The number of alkyl halides is 1. The molecular formula is C15H13BrO. The van der Waals surface area contributed by atoms with Gasteiger partial charge in [-0.2, -0.15) is 0 Å². The molecule has 0 saturated carbocycles. The van der Waals surface area contributed by atoms with Crippen LogP contribution in [0.5, 0.6) is 11.5 Å². The standard InChI is InChI=1S/C15H13BrO/c16-11-5-7-13-6-4-10-15(12-13)17-14-8-2-1-3-9-14/h1-10,12H,11H2/b7-5+. The Morgan fingerprint density at radius 2 is 1.71 bits per heavy atom. The fourth-order valence-electron chi connectivity index (χ4n) is 1.49. The molecule has 2 rings (SSSR count). The molecule has 0 spiro atoms. The summed E-state index contributed by atoms with van der Waals surface area (Å²) in [5, 5.41) is 0.858. The molecule has 0 fully saturated rings. The number of hydrogen-bond acceptors (Lipinski definition) is 1. The molecule has 0 amide bonds. The average molecular weight is 289 g/mol. The molecule has 0 radical (unpaired) electrons. The van der Waals surface area contributed by atoms with E-state index in [1.54, 1.807) is 0 Å². The summed E-state index contributed by atoms with van der Waals surface area (Å²) in [6.45, 7) is 0. The van der Waals surface area contributed by atoms with Crippen LogP contribution < -0.4 is 4.74 Å². The molecule has 0 heterocycles. The van der Waals surface area contributed by atoms with Gasteiger partial charge in [-0.15, -0.1) is 0 Å². The van der Waals surface area contributed by atoms with Gasteiger partial charge in [-0.25, -0.2) is 0 Å². The zero-order valence-corrected chi connectivity index (χ0v) is 10.9. The van der Waals surface area contributed by atoms with E-state index in [1.165, 1.54) is 0 Å². The Bertz CT molecular complexity index is 491. The number of allylic oxidation sites excluding steroid dienone is 1. The first-order valence-electron chi connectivity index (χ1n) is 5.44. The zero-order chi connectivity index (χ0) is 11.9. The summed E-state index contributed by atoms with van der Waals surface area (Å²) in [6.07, 6.45) is 4.12. The van der Waals surface area contributed by atoms with Crippen LogP contribution in [-0.4, -0.2) is 5.33 Å². The Labute approximate surface area is 110 Å². The summed E-state index contributed by atoms with van der Waals surface area (Å²) in [6, 6.07) is 17.8. The topological polar surface area (TPSA) is 9.23 Å². The van der Waals surface area contributed by atoms with Gasteiger partial charge >= 0.3 is 0 Å². The van der Waals surface area contributed by atoms with Crippen LogP contribution in [0.2, 0.25) is 0 Å². The van der Waals surface area contributed by atoms with E-state index in [0.717, 1.165) is 22.4 Å². The molecular weight excluding hydrogens is 276 g/mol. The normalized spacial score (nSPS) is 10.6. The van der Waals surface area contributed by atoms with Gasteiger partial charge in [-0.3, -0.25) is 0 Å². The minimum absolute atomic E-state index is 0.855. The van der Waals surface area contributed by atoms with E-state index in [2.05, 4.69) is 34.1 Å². The second-order valence-electron chi connectivity index (χ2n) is 3.54. The van der Waals surface area contributed by atoms with Crippen molar-refractivity contribution in [1.29, 1.82) is 0 Å². The van der Waals surface area contributed by atoms with Gasteiger partial charge in [0.2, 0.25) is 0 Å². The third-order valence-electron chi connectivity index (χ3n) is 2.24. The van der Waals surface area contributed by atoms with Crippen LogP contribution in [0.4, 0.5) is 0 Å². The van der Waals surface area contributed by atoms with Crippen molar-refractivity contribution in [3.05, 3.63) is 66.2 Å². The van der Waals surface area contributed by atoms with Crippen LogP contribution in [0.3, 0.4) is 0 Å². The highest BCUT2D eigenvalue weighted by atomic mass is 79.9. The highest BCUT2D eigenvalue weighted by Gasteiger charge is 1.96. The molecule has 0 aliphatic carbocycles. The van der Waals surface area contributed by atoms with E-state index in [-0.39, 0.29) is 0 Å². The van der Waals surface area contributed by atoms with E-state index in [4.69, 9.17) is 4.74 Å². The van der Waals surface area contributed by atoms with Crippen LogP contribution in [0, 0.1) is 0 Å². The predicted octanol–water partition coefficient (Wildman–Crippen LogP) is 4.89. The van der Waals surface area contributed by atoms with Crippen molar-refractivity contribution in [2.45, 2.75) is 0 Å². The maximum Gasteiger partial charge on any atom is 0.128 e. The summed E-state index contributed by atoms with van der Waals surface area (Å²) in [4.78, 5) is 0. The van der Waals surface area contributed by atoms with E-state index >= 15 is 0 Å². The number of halogens is 1. The van der Waals surface area contributed by atoms with Gasteiger partial charge < -0.3 is 4.74 Å². The molecule has 17 heavy (non-hydrogen) atoms. The number of benzene rings is 2. The van der Waals surface area contributed by atoms with Crippen LogP contribution >= 0.6 is 15.9 Å². The fourth-order valence-corrected chi connectivity index (χ4v) is 1.67. The number of para-hydroxylation sites is 1. The smallest absolute Gasteiger partial charge is 0.128 e. The summed E-state index contributed by atoms with van der Waals surface area (Å²) < 4.78 is 5.75. The van der Waals surface area contributed by atoms with Gasteiger partial charge in [-0.05, 0) is 29.8 Å². The molecule has 0 aliphatic heterocycles. The minimum atomic E-state index is 0.855. The van der Waals surface area contributed by atoms with Crippen molar-refractivity contribution in [1.82, 2.24) is 0 Å². The van der Waals surface area contributed by atoms with Gasteiger partial charge in [0.1, 0.15) is 11.5 Å². The molecule has 0 saturated heterocycles. The summed E-state index contributed by atoms with van der Waals surface area (Å²) in [5.41, 5.74) is 1.14. The first kappa shape index (κ1) is 11.9. The lowest BCUT2D eigenvalue weighted by Crippen LogP contribution is -1.83. The van der Waals surface area contributed by atoms with Crippen molar-refractivity contribution in [3.8, 4) is 11.5 Å². The molecule has 86 valence electrons. The Hall–Kier alpha value is -1.54. The Morgan fingerprint density at radius 1 is 0.941 bits per heavy atom. The maximum atomic E-state index is 5.75. The van der Waals surface area contributed by atoms with Crippen LogP contribution in [0.15, 0.2) is 60.7 Å². The first-order valence-corrected chi connectivity index (χ1v) is 6.56. The Morgan fingerprint density at radius 3 is 2.47 bits per heavy atom. The molecule has 2 aromatic carbocycles. The zero-order valence-electron chi connectivity index (χ0n) is 9.34. The number of ether oxygens (including phenoxy) is 1. The third-order valence-corrected chi connectivity index (χ3v) is 2.61. The summed E-state index contributed by atoms with van der Waals surface area (Å²) >= 11 is 3.36. The third kappa shape index (κ3) is 3.75. The van der Waals surface area contributed by atoms with Crippen molar-refractivity contribution in [2.24, 2.45) is 0 Å². The molecule has 0 N–H and O–H groups in total. The van der Waals surface area contributed by atoms with E-state index in [0.29, 0.717) is 0 Å². The van der Waals surface area contributed by atoms with Gasteiger partial charge in [0.05, 0.1) is 0 Å². The van der Waals surface area contributed by atoms with Crippen molar-refractivity contribution in [2.75, 3.05) is 5.33 Å².